The normalized spacial score (nSPS) is 12.3. The monoisotopic (exact) mass is 384 g/mol. The first-order chi connectivity index (χ1) is 13.5. The lowest BCUT2D eigenvalue weighted by atomic mass is 10.0. The molecule has 0 spiro atoms. The van der Waals surface area contributed by atoms with Crippen LogP contribution in [0.15, 0.2) is 66.7 Å². The molecule has 0 radical (unpaired) electrons. The quantitative estimate of drug-likeness (QED) is 0.347. The van der Waals surface area contributed by atoms with Crippen molar-refractivity contribution in [2.75, 3.05) is 13.7 Å². The highest BCUT2D eigenvalue weighted by molar-refractivity contribution is 5.91. The van der Waals surface area contributed by atoms with Crippen LogP contribution >= 0.6 is 0 Å². The Bertz CT molecular complexity index is 1040. The summed E-state index contributed by atoms with van der Waals surface area (Å²) in [7, 11) is 1.50. The van der Waals surface area contributed by atoms with Gasteiger partial charge in [0, 0.05) is 16.5 Å². The van der Waals surface area contributed by atoms with Crippen LogP contribution < -0.4 is 9.47 Å². The van der Waals surface area contributed by atoms with Crippen molar-refractivity contribution in [3.05, 3.63) is 83.7 Å². The van der Waals surface area contributed by atoms with Gasteiger partial charge in [-0.25, -0.2) is 13.2 Å². The fourth-order valence-electron chi connectivity index (χ4n) is 2.75. The van der Waals surface area contributed by atoms with Crippen LogP contribution in [-0.4, -0.2) is 13.7 Å². The fraction of sp³-hybridized carbons (Fsp3) is 0.130. The Morgan fingerprint density at radius 3 is 2.32 bits per heavy atom. The Morgan fingerprint density at radius 2 is 1.64 bits per heavy atom. The van der Waals surface area contributed by atoms with Crippen LogP contribution in [0.4, 0.5) is 13.2 Å². The van der Waals surface area contributed by atoms with Gasteiger partial charge in [-0.3, -0.25) is 0 Å². The highest BCUT2D eigenvalue weighted by atomic mass is 19.2. The van der Waals surface area contributed by atoms with Crippen LogP contribution in [0.5, 0.6) is 11.5 Å². The SMILES string of the molecule is CC=CCOc1ccc(C(F)=C(F)c2ccc3cc(OC)ccc3c2F)cc1. The summed E-state index contributed by atoms with van der Waals surface area (Å²) in [5.41, 5.74) is -0.423. The van der Waals surface area contributed by atoms with Gasteiger partial charge in [-0.05, 0) is 60.8 Å². The lowest BCUT2D eigenvalue weighted by Crippen LogP contribution is -1.94. The number of methoxy groups -OCH3 is 1. The predicted octanol–water partition coefficient (Wildman–Crippen LogP) is 6.71. The van der Waals surface area contributed by atoms with E-state index in [0.717, 1.165) is 0 Å². The van der Waals surface area contributed by atoms with Gasteiger partial charge in [0.15, 0.2) is 11.7 Å². The first-order valence-electron chi connectivity index (χ1n) is 8.71. The molecule has 0 amide bonds. The second kappa shape index (κ2) is 8.65. The molecule has 0 aliphatic heterocycles. The number of hydrogen-bond acceptors (Lipinski definition) is 2. The summed E-state index contributed by atoms with van der Waals surface area (Å²) in [5, 5.41) is 0.727. The Morgan fingerprint density at radius 1 is 0.929 bits per heavy atom. The molecule has 0 unspecified atom stereocenters. The molecular formula is C23H19F3O2. The third-order valence-corrected chi connectivity index (χ3v) is 4.28. The molecule has 0 fully saturated rings. The zero-order chi connectivity index (χ0) is 20.1. The molecule has 0 bridgehead atoms. The van der Waals surface area contributed by atoms with Crippen LogP contribution in [0, 0.1) is 5.82 Å². The van der Waals surface area contributed by atoms with Crippen molar-refractivity contribution < 1.29 is 22.6 Å². The summed E-state index contributed by atoms with van der Waals surface area (Å²) in [6.45, 7) is 2.26. The van der Waals surface area contributed by atoms with Crippen LogP contribution in [0.2, 0.25) is 0 Å². The Balaban J connectivity index is 1.93. The molecule has 2 nitrogen and oxygen atoms in total. The van der Waals surface area contributed by atoms with E-state index in [9.17, 15) is 13.2 Å². The van der Waals surface area contributed by atoms with E-state index in [-0.39, 0.29) is 10.9 Å². The third kappa shape index (κ3) is 4.03. The Hall–Kier alpha value is -3.21. The number of hydrogen-bond donors (Lipinski definition) is 0. The maximum Gasteiger partial charge on any atom is 0.169 e. The van der Waals surface area contributed by atoms with E-state index in [0.29, 0.717) is 23.5 Å². The molecule has 0 N–H and O–H groups in total. The van der Waals surface area contributed by atoms with E-state index in [1.54, 1.807) is 12.1 Å². The van der Waals surface area contributed by atoms with Gasteiger partial charge in [-0.2, -0.15) is 0 Å². The minimum Gasteiger partial charge on any atom is -0.497 e. The largest absolute Gasteiger partial charge is 0.497 e. The van der Waals surface area contributed by atoms with E-state index in [2.05, 4.69) is 0 Å². The second-order valence-corrected chi connectivity index (χ2v) is 6.05. The molecule has 0 aromatic heterocycles. The van der Waals surface area contributed by atoms with Crippen molar-refractivity contribution in [1.82, 2.24) is 0 Å². The van der Waals surface area contributed by atoms with E-state index in [1.165, 1.54) is 49.6 Å². The topological polar surface area (TPSA) is 18.5 Å². The number of rotatable bonds is 6. The Labute approximate surface area is 161 Å². The molecule has 0 saturated carbocycles. The van der Waals surface area contributed by atoms with Gasteiger partial charge in [0.1, 0.15) is 23.9 Å². The summed E-state index contributed by atoms with van der Waals surface area (Å²) in [5.74, 6) is -2.12. The minimum absolute atomic E-state index is 0.00473. The summed E-state index contributed by atoms with van der Waals surface area (Å²) >= 11 is 0. The molecule has 0 heterocycles. The van der Waals surface area contributed by atoms with Crippen molar-refractivity contribution in [3.63, 3.8) is 0 Å². The van der Waals surface area contributed by atoms with Crippen molar-refractivity contribution in [2.45, 2.75) is 6.92 Å². The molecule has 3 rings (SSSR count). The number of benzene rings is 3. The highest BCUT2D eigenvalue weighted by Crippen LogP contribution is 2.34. The van der Waals surface area contributed by atoms with Gasteiger partial charge >= 0.3 is 0 Å². The fourth-order valence-corrected chi connectivity index (χ4v) is 2.75. The lowest BCUT2D eigenvalue weighted by Gasteiger charge is -2.08. The van der Waals surface area contributed by atoms with Gasteiger partial charge in [0.25, 0.3) is 0 Å². The second-order valence-electron chi connectivity index (χ2n) is 6.05. The molecule has 3 aromatic rings. The molecule has 28 heavy (non-hydrogen) atoms. The first-order valence-corrected chi connectivity index (χ1v) is 8.71. The number of allylic oxidation sites excluding steroid dienone is 1. The molecular weight excluding hydrogens is 365 g/mol. The lowest BCUT2D eigenvalue weighted by molar-refractivity contribution is 0.362. The van der Waals surface area contributed by atoms with Crippen LogP contribution in [0.1, 0.15) is 18.1 Å². The van der Waals surface area contributed by atoms with Gasteiger partial charge in [-0.15, -0.1) is 0 Å². The standard InChI is InChI=1S/C23H19F3O2/c1-3-4-13-28-17-8-5-15(6-9-17)21(24)23(26)20-11-7-16-14-18(27-2)10-12-19(16)22(20)25/h3-12,14H,13H2,1-2H3. The van der Waals surface area contributed by atoms with Crippen molar-refractivity contribution in [3.8, 4) is 11.5 Å². The molecule has 3 aromatic carbocycles. The molecule has 5 heteroatoms. The molecule has 0 aliphatic carbocycles. The average Bonchev–Trinajstić information content (AvgIpc) is 2.73. The van der Waals surface area contributed by atoms with Gasteiger partial charge in [-0.1, -0.05) is 18.2 Å². The van der Waals surface area contributed by atoms with E-state index < -0.39 is 23.0 Å². The molecule has 0 atom stereocenters. The van der Waals surface area contributed by atoms with Crippen LogP contribution in [-0.2, 0) is 0 Å². The van der Waals surface area contributed by atoms with Gasteiger partial charge in [0.05, 0.1) is 7.11 Å². The average molecular weight is 384 g/mol. The summed E-state index contributed by atoms with van der Waals surface area (Å²) in [6, 6.07) is 13.3. The number of fused-ring (bicyclic) bond motifs is 1. The van der Waals surface area contributed by atoms with Crippen LogP contribution in [0.25, 0.3) is 22.4 Å². The summed E-state index contributed by atoms with van der Waals surface area (Å²) in [4.78, 5) is 0. The van der Waals surface area contributed by atoms with E-state index in [4.69, 9.17) is 9.47 Å². The summed E-state index contributed by atoms with van der Waals surface area (Å²) < 4.78 is 54.6. The maximum absolute atomic E-state index is 14.8. The van der Waals surface area contributed by atoms with Crippen molar-refractivity contribution in [1.29, 1.82) is 0 Å². The third-order valence-electron chi connectivity index (χ3n) is 4.28. The summed E-state index contributed by atoms with van der Waals surface area (Å²) in [6.07, 6.45) is 3.67. The maximum atomic E-state index is 14.8. The smallest absolute Gasteiger partial charge is 0.169 e. The first kappa shape index (κ1) is 19.5. The predicted molar refractivity (Wildman–Crippen MR) is 106 cm³/mol. The number of halogens is 3. The molecule has 0 aliphatic rings. The number of ether oxygens (including phenoxy) is 2. The zero-order valence-electron chi connectivity index (χ0n) is 15.5. The van der Waals surface area contributed by atoms with Gasteiger partial charge < -0.3 is 9.47 Å². The van der Waals surface area contributed by atoms with Crippen LogP contribution in [0.3, 0.4) is 0 Å². The van der Waals surface area contributed by atoms with Gasteiger partial charge in [0.2, 0.25) is 0 Å². The Kier molecular flexibility index (Phi) is 6.04. The molecule has 0 saturated heterocycles. The molecule has 144 valence electrons. The minimum atomic E-state index is -1.25. The zero-order valence-corrected chi connectivity index (χ0v) is 15.5. The van der Waals surface area contributed by atoms with Crippen molar-refractivity contribution >= 4 is 22.4 Å². The highest BCUT2D eigenvalue weighted by Gasteiger charge is 2.17. The van der Waals surface area contributed by atoms with E-state index >= 15 is 0 Å². The van der Waals surface area contributed by atoms with Crippen molar-refractivity contribution in [2.24, 2.45) is 0 Å². The van der Waals surface area contributed by atoms with E-state index in [1.807, 2.05) is 19.1 Å².